The minimum absolute atomic E-state index is 0.210. The number of carbonyl (C=O) groups excluding carboxylic acids is 1. The molecule has 1 aromatic carbocycles. The van der Waals surface area contributed by atoms with Gasteiger partial charge in [0.1, 0.15) is 0 Å². The summed E-state index contributed by atoms with van der Waals surface area (Å²) in [5, 5.41) is 3.49. The van der Waals surface area contributed by atoms with E-state index < -0.39 is 5.60 Å². The Morgan fingerprint density at radius 1 is 1.04 bits per heavy atom. The van der Waals surface area contributed by atoms with E-state index in [9.17, 15) is 4.79 Å². The maximum Gasteiger partial charge on any atom is 0.333 e. The third-order valence-electron chi connectivity index (χ3n) is 5.05. The molecule has 1 aliphatic heterocycles. The van der Waals surface area contributed by atoms with E-state index in [2.05, 4.69) is 22.0 Å². The van der Waals surface area contributed by atoms with Crippen LogP contribution < -0.4 is 5.32 Å². The topological polar surface area (TPSA) is 43.3 Å². The number of aromatic nitrogens is 1. The molecule has 1 saturated carbocycles. The fourth-order valence-corrected chi connectivity index (χ4v) is 3.83. The van der Waals surface area contributed by atoms with Gasteiger partial charge in [0.2, 0.25) is 0 Å². The van der Waals surface area contributed by atoms with Crippen LogP contribution in [0, 0.1) is 0 Å². The highest BCUT2D eigenvalue weighted by Crippen LogP contribution is 2.40. The third kappa shape index (κ3) is 2.73. The largest absolute Gasteiger partial charge is 0.449 e. The van der Waals surface area contributed by atoms with Crippen molar-refractivity contribution in [1.82, 2.24) is 9.88 Å². The quantitative estimate of drug-likeness (QED) is 0.873. The van der Waals surface area contributed by atoms with Gasteiger partial charge in [-0.1, -0.05) is 24.6 Å². The summed E-state index contributed by atoms with van der Waals surface area (Å²) in [4.78, 5) is 11.8. The van der Waals surface area contributed by atoms with Gasteiger partial charge < -0.3 is 14.6 Å². The van der Waals surface area contributed by atoms with Crippen molar-refractivity contribution in [2.75, 3.05) is 0 Å². The molecule has 1 N–H and O–H groups in total. The number of rotatable bonds is 4. The molecule has 0 bridgehead atoms. The second-order valence-electron chi connectivity index (χ2n) is 6.61. The summed E-state index contributed by atoms with van der Waals surface area (Å²) in [6.45, 7) is 0.679. The van der Waals surface area contributed by atoms with Crippen LogP contribution in [-0.4, -0.2) is 16.1 Å². The highest BCUT2D eigenvalue weighted by atomic mass is 16.6. The zero-order chi connectivity index (χ0) is 16.4. The monoisotopic (exact) mass is 322 g/mol. The Hall–Kier alpha value is -2.49. The van der Waals surface area contributed by atoms with Gasteiger partial charge in [0.25, 0.3) is 0 Å². The Morgan fingerprint density at radius 3 is 2.58 bits per heavy atom. The molecule has 1 fully saturated rings. The Bertz CT molecular complexity index is 756. The molecule has 4 heteroatoms. The van der Waals surface area contributed by atoms with Crippen molar-refractivity contribution in [3.05, 3.63) is 66.1 Å². The maximum atomic E-state index is 11.8. The highest BCUT2D eigenvalue weighted by Gasteiger charge is 2.43. The second kappa shape index (κ2) is 6.19. The highest BCUT2D eigenvalue weighted by molar-refractivity contribution is 5.86. The van der Waals surface area contributed by atoms with E-state index in [1.165, 1.54) is 12.0 Å². The molecule has 1 aliphatic carbocycles. The van der Waals surface area contributed by atoms with Crippen LogP contribution >= 0.6 is 0 Å². The SMILES string of the molecule is O=C1C=C(NCc2ccccc2-n2cccc2)C2(CCCCC2)O1. The molecular formula is C20H22N2O2. The van der Waals surface area contributed by atoms with E-state index in [4.69, 9.17) is 4.74 Å². The molecule has 0 saturated heterocycles. The normalized spacial score (nSPS) is 19.2. The van der Waals surface area contributed by atoms with Crippen LogP contribution in [0.25, 0.3) is 5.69 Å². The number of benzene rings is 1. The van der Waals surface area contributed by atoms with Gasteiger partial charge in [-0.15, -0.1) is 0 Å². The Morgan fingerprint density at radius 2 is 1.79 bits per heavy atom. The van der Waals surface area contributed by atoms with Gasteiger partial charge in [0.05, 0.1) is 5.70 Å². The fraction of sp³-hybridized carbons (Fsp3) is 0.350. The number of esters is 1. The molecule has 0 amide bonds. The third-order valence-corrected chi connectivity index (χ3v) is 5.05. The van der Waals surface area contributed by atoms with Crippen molar-refractivity contribution in [2.45, 2.75) is 44.2 Å². The average Bonchev–Trinajstić information content (AvgIpc) is 3.23. The first-order valence-corrected chi connectivity index (χ1v) is 8.67. The summed E-state index contributed by atoms with van der Waals surface area (Å²) in [6, 6.07) is 12.4. The number of hydrogen-bond acceptors (Lipinski definition) is 3. The molecule has 0 atom stereocenters. The van der Waals surface area contributed by atoms with Gasteiger partial charge >= 0.3 is 5.97 Å². The van der Waals surface area contributed by atoms with E-state index in [0.717, 1.165) is 37.1 Å². The lowest BCUT2D eigenvalue weighted by Gasteiger charge is -2.35. The van der Waals surface area contributed by atoms with Gasteiger partial charge in [-0.25, -0.2) is 4.79 Å². The number of nitrogens with one attached hydrogen (secondary N) is 1. The maximum absolute atomic E-state index is 11.8. The first-order chi connectivity index (χ1) is 11.8. The zero-order valence-electron chi connectivity index (χ0n) is 13.7. The molecule has 1 spiro atoms. The molecule has 1 aromatic heterocycles. The Labute approximate surface area is 142 Å². The first kappa shape index (κ1) is 15.1. The fourth-order valence-electron chi connectivity index (χ4n) is 3.83. The van der Waals surface area contributed by atoms with Gasteiger partial charge in [0.15, 0.2) is 5.60 Å². The van der Waals surface area contributed by atoms with Crippen LogP contribution in [0.2, 0.25) is 0 Å². The predicted molar refractivity (Wildman–Crippen MR) is 92.6 cm³/mol. The number of para-hydroxylation sites is 1. The van der Waals surface area contributed by atoms with Crippen molar-refractivity contribution in [3.8, 4) is 5.69 Å². The van der Waals surface area contributed by atoms with Crippen molar-refractivity contribution >= 4 is 5.97 Å². The lowest BCUT2D eigenvalue weighted by atomic mass is 9.82. The summed E-state index contributed by atoms with van der Waals surface area (Å²) < 4.78 is 7.80. The first-order valence-electron chi connectivity index (χ1n) is 8.67. The van der Waals surface area contributed by atoms with Crippen LogP contribution in [0.1, 0.15) is 37.7 Å². The second-order valence-corrected chi connectivity index (χ2v) is 6.61. The number of nitrogens with zero attached hydrogens (tertiary/aromatic N) is 1. The van der Waals surface area contributed by atoms with E-state index in [0.29, 0.717) is 6.54 Å². The standard InChI is InChI=1S/C20H22N2O2/c23-19-14-18(20(24-19)10-4-1-5-11-20)21-15-16-8-2-3-9-17(16)22-12-6-7-13-22/h2-3,6-9,12-14,21H,1,4-5,10-11,15H2. The zero-order valence-corrected chi connectivity index (χ0v) is 13.7. The minimum atomic E-state index is -0.405. The molecule has 0 unspecified atom stereocenters. The Kier molecular flexibility index (Phi) is 3.89. The predicted octanol–water partition coefficient (Wildman–Crippen LogP) is 3.71. The molecule has 4 nitrogen and oxygen atoms in total. The average molecular weight is 322 g/mol. The lowest BCUT2D eigenvalue weighted by Crippen LogP contribution is -2.39. The summed E-state index contributed by atoms with van der Waals surface area (Å²) >= 11 is 0. The summed E-state index contributed by atoms with van der Waals surface area (Å²) in [7, 11) is 0. The van der Waals surface area contributed by atoms with Gasteiger partial charge in [-0.05, 0) is 49.4 Å². The van der Waals surface area contributed by atoms with Crippen LogP contribution in [0.15, 0.2) is 60.6 Å². The number of carbonyl (C=O) groups is 1. The van der Waals surface area contributed by atoms with Crippen LogP contribution in [0.4, 0.5) is 0 Å². The molecule has 2 aliphatic rings. The van der Waals surface area contributed by atoms with Gasteiger partial charge in [0, 0.05) is 30.7 Å². The van der Waals surface area contributed by atoms with E-state index >= 15 is 0 Å². The summed E-state index contributed by atoms with van der Waals surface area (Å²) in [5.41, 5.74) is 2.89. The van der Waals surface area contributed by atoms with Gasteiger partial charge in [-0.3, -0.25) is 0 Å². The van der Waals surface area contributed by atoms with E-state index in [1.807, 2.05) is 36.7 Å². The van der Waals surface area contributed by atoms with E-state index in [1.54, 1.807) is 6.08 Å². The smallest absolute Gasteiger partial charge is 0.333 e. The van der Waals surface area contributed by atoms with E-state index in [-0.39, 0.29) is 5.97 Å². The molecular weight excluding hydrogens is 300 g/mol. The molecule has 2 heterocycles. The van der Waals surface area contributed by atoms with Crippen molar-refractivity contribution in [1.29, 1.82) is 0 Å². The molecule has 2 aromatic rings. The molecule has 24 heavy (non-hydrogen) atoms. The summed E-state index contributed by atoms with van der Waals surface area (Å²) in [6.07, 6.45) is 11.0. The van der Waals surface area contributed by atoms with Crippen molar-refractivity contribution in [2.24, 2.45) is 0 Å². The molecule has 124 valence electrons. The van der Waals surface area contributed by atoms with Crippen LogP contribution in [0.5, 0.6) is 0 Å². The molecule has 0 radical (unpaired) electrons. The number of ether oxygens (including phenoxy) is 1. The van der Waals surface area contributed by atoms with Crippen LogP contribution in [-0.2, 0) is 16.1 Å². The lowest BCUT2D eigenvalue weighted by molar-refractivity contribution is -0.148. The van der Waals surface area contributed by atoms with Crippen molar-refractivity contribution in [3.63, 3.8) is 0 Å². The number of hydrogen-bond donors (Lipinski definition) is 1. The van der Waals surface area contributed by atoms with Gasteiger partial charge in [-0.2, -0.15) is 0 Å². The molecule has 4 rings (SSSR count). The van der Waals surface area contributed by atoms with Crippen molar-refractivity contribution < 1.29 is 9.53 Å². The Balaban J connectivity index is 1.55. The van der Waals surface area contributed by atoms with Crippen LogP contribution in [0.3, 0.4) is 0 Å². The summed E-state index contributed by atoms with van der Waals surface area (Å²) in [5.74, 6) is -0.210. The minimum Gasteiger partial charge on any atom is -0.449 e.